The van der Waals surface area contributed by atoms with E-state index in [1.807, 2.05) is 12.2 Å². The van der Waals surface area contributed by atoms with E-state index in [9.17, 15) is 22.8 Å². The van der Waals surface area contributed by atoms with Gasteiger partial charge in [-0.25, -0.2) is 23.2 Å². The summed E-state index contributed by atoms with van der Waals surface area (Å²) in [5, 5.41) is 6.01. The number of sulfonamides is 1. The minimum atomic E-state index is -3.96. The maximum atomic E-state index is 14.2. The molecule has 7 rings (SSSR count). The van der Waals surface area contributed by atoms with Crippen LogP contribution >= 0.6 is 22.9 Å². The molecule has 4 heterocycles. The second-order valence-electron chi connectivity index (χ2n) is 14.1. The van der Waals surface area contributed by atoms with Gasteiger partial charge in [0, 0.05) is 42.8 Å². The van der Waals surface area contributed by atoms with Crippen LogP contribution in [0.2, 0.25) is 5.02 Å². The van der Waals surface area contributed by atoms with Crippen molar-refractivity contribution in [3.8, 4) is 34.5 Å². The number of pyridine rings is 1. The first-order valence-electron chi connectivity index (χ1n) is 17.1. The van der Waals surface area contributed by atoms with Crippen molar-refractivity contribution in [3.05, 3.63) is 46.4 Å². The Labute approximate surface area is 311 Å². The molecule has 13 nitrogen and oxygen atoms in total. The maximum absolute atomic E-state index is 14.2. The molecule has 4 atom stereocenters. The van der Waals surface area contributed by atoms with Crippen molar-refractivity contribution in [1.29, 1.82) is 0 Å². The number of allylic oxidation sites excluding steroid dienone is 1. The van der Waals surface area contributed by atoms with E-state index in [1.165, 1.54) is 23.3 Å². The van der Waals surface area contributed by atoms with Gasteiger partial charge in [0.25, 0.3) is 5.91 Å². The van der Waals surface area contributed by atoms with Crippen molar-refractivity contribution in [3.63, 3.8) is 0 Å². The minimum absolute atomic E-state index is 0.00614. The number of benzene rings is 1. The molecule has 2 saturated carbocycles. The molecule has 2 aliphatic carbocycles. The van der Waals surface area contributed by atoms with Crippen LogP contribution in [-0.4, -0.2) is 95.7 Å². The van der Waals surface area contributed by atoms with E-state index in [0.717, 1.165) is 19.3 Å². The number of urea groups is 1. The Hall–Kier alpha value is -4.39. The third-order valence-electron chi connectivity index (χ3n) is 10.5. The number of halogens is 1. The number of thiazole rings is 1. The predicted octanol–water partition coefficient (Wildman–Crippen LogP) is 4.49. The Balaban J connectivity index is 1.21. The summed E-state index contributed by atoms with van der Waals surface area (Å²) in [6, 6.07) is 3.64. The molecule has 1 saturated heterocycles. The van der Waals surface area contributed by atoms with Gasteiger partial charge in [-0.15, -0.1) is 17.8 Å². The zero-order valence-corrected chi connectivity index (χ0v) is 31.4. The lowest BCUT2D eigenvalue weighted by Crippen LogP contribution is -2.58. The minimum Gasteiger partial charge on any atom is -0.495 e. The van der Waals surface area contributed by atoms with Gasteiger partial charge in [-0.1, -0.05) is 23.8 Å². The molecule has 52 heavy (non-hydrogen) atoms. The summed E-state index contributed by atoms with van der Waals surface area (Å²) in [7, 11) is -0.743. The van der Waals surface area contributed by atoms with Crippen LogP contribution in [0.4, 0.5) is 4.79 Å². The summed E-state index contributed by atoms with van der Waals surface area (Å²) in [6.45, 7) is 2.10. The highest BCUT2D eigenvalue weighted by Crippen LogP contribution is 2.48. The number of nitrogens with one attached hydrogen (secondary N) is 2. The zero-order chi connectivity index (χ0) is 37.0. The number of aromatic nitrogens is 2. The molecule has 2 N–H and O–H groups in total. The van der Waals surface area contributed by atoms with Gasteiger partial charge in [0.15, 0.2) is 0 Å². The fourth-order valence-corrected chi connectivity index (χ4v) is 9.13. The number of carbonyl (C=O) groups excluding carboxylic acids is 3. The van der Waals surface area contributed by atoms with Crippen LogP contribution in [0.1, 0.15) is 57.6 Å². The summed E-state index contributed by atoms with van der Waals surface area (Å²) in [5.41, 5.74) is -0.151. The van der Waals surface area contributed by atoms with Gasteiger partial charge in [0.05, 0.1) is 23.9 Å². The smallest absolute Gasteiger partial charge is 0.319 e. The van der Waals surface area contributed by atoms with E-state index >= 15 is 0 Å². The normalized spacial score (nSPS) is 26.3. The molecule has 2 aliphatic heterocycles. The molecular formula is C36H39ClN6O7S2. The molecule has 0 bridgehead atoms. The Morgan fingerprint density at radius 3 is 2.71 bits per heavy atom. The topological polar surface area (TPSA) is 160 Å². The molecule has 4 aliphatic rings. The van der Waals surface area contributed by atoms with Crippen molar-refractivity contribution in [2.45, 2.75) is 74.3 Å². The van der Waals surface area contributed by atoms with Crippen LogP contribution < -0.4 is 19.5 Å². The van der Waals surface area contributed by atoms with Gasteiger partial charge in [-0.05, 0) is 63.5 Å². The number of carbonyl (C=O) groups is 3. The third-order valence-corrected chi connectivity index (χ3v) is 13.9. The quantitative estimate of drug-likeness (QED) is 0.261. The van der Waals surface area contributed by atoms with Gasteiger partial charge < -0.3 is 24.6 Å². The van der Waals surface area contributed by atoms with Gasteiger partial charge in [-0.3, -0.25) is 14.3 Å². The van der Waals surface area contributed by atoms with Crippen LogP contribution in [0, 0.1) is 18.3 Å². The van der Waals surface area contributed by atoms with Crippen molar-refractivity contribution in [1.82, 2.24) is 29.8 Å². The first kappa shape index (κ1) is 36.0. The SMILES string of the molecule is C#Cc1csc(-c2cc(O[C@H]3C[C@H]4C(=O)N(C)CCCC/C=C/[C@@H]5C[C@@]5(C(=O)NS(=O)(=O)C5(C)CC5)NC(=O)N4C3)c3ccc(OC)c(Cl)c3n2)n1. The Morgan fingerprint density at radius 1 is 1.21 bits per heavy atom. The fourth-order valence-electron chi connectivity index (χ4n) is 6.81. The molecule has 0 spiro atoms. The number of rotatable bonds is 7. The van der Waals surface area contributed by atoms with Crippen LogP contribution in [0.15, 0.2) is 35.7 Å². The molecule has 16 heteroatoms. The molecular weight excluding hydrogens is 728 g/mol. The number of hydrogen-bond acceptors (Lipinski definition) is 10. The standard InChI is InChI=1S/C36H39ClN6O7S2/c1-5-22-20-51-31(38-22)25-17-28(24-11-12-27(49-4)29(37)30(24)39-25)50-23-16-26-32(44)42(3)15-9-7-6-8-10-21-18-36(21,40-34(46)43(26)19-23)33(45)41-52(47,48)35(2)13-14-35/h1,8,10-12,17,20-21,23,26H,6-7,9,13-16,18-19H2,2-4H3,(H,40,46)(H,41,45)/b10-8+/t21-,23+,26+,36-/m1/s1. The fraction of sp³-hybridized carbons (Fsp3) is 0.472. The monoisotopic (exact) mass is 766 g/mol. The maximum Gasteiger partial charge on any atom is 0.319 e. The second-order valence-corrected chi connectivity index (χ2v) is 17.5. The van der Waals surface area contributed by atoms with Crippen molar-refractivity contribution < 1.29 is 32.3 Å². The number of terminal acetylenes is 1. The van der Waals surface area contributed by atoms with Gasteiger partial charge in [0.1, 0.15) is 50.6 Å². The molecule has 274 valence electrons. The molecule has 2 aromatic heterocycles. The van der Waals surface area contributed by atoms with Gasteiger partial charge >= 0.3 is 6.03 Å². The third kappa shape index (κ3) is 6.56. The first-order chi connectivity index (χ1) is 24.8. The van der Waals surface area contributed by atoms with Crippen molar-refractivity contribution >= 4 is 61.7 Å². The van der Waals surface area contributed by atoms with E-state index in [1.54, 1.807) is 42.5 Å². The molecule has 1 aromatic carbocycles. The average molecular weight is 767 g/mol. The van der Waals surface area contributed by atoms with Crippen LogP contribution in [-0.2, 0) is 19.6 Å². The largest absolute Gasteiger partial charge is 0.495 e. The lowest BCUT2D eigenvalue weighted by molar-refractivity contribution is -0.134. The predicted molar refractivity (Wildman–Crippen MR) is 197 cm³/mol. The number of amides is 4. The van der Waals surface area contributed by atoms with E-state index in [0.29, 0.717) is 58.2 Å². The highest BCUT2D eigenvalue weighted by Gasteiger charge is 2.63. The number of ether oxygens (including phenoxy) is 2. The summed E-state index contributed by atoms with van der Waals surface area (Å²) >= 11 is 8.06. The van der Waals surface area contributed by atoms with Gasteiger partial charge in [0.2, 0.25) is 15.9 Å². The molecule has 0 unspecified atom stereocenters. The first-order valence-corrected chi connectivity index (χ1v) is 19.9. The molecule has 4 amide bonds. The van der Waals surface area contributed by atoms with E-state index in [4.69, 9.17) is 32.5 Å². The lowest BCUT2D eigenvalue weighted by Gasteiger charge is -2.30. The summed E-state index contributed by atoms with van der Waals surface area (Å²) < 4.78 is 39.4. The van der Waals surface area contributed by atoms with Crippen molar-refractivity contribution in [2.75, 3.05) is 27.2 Å². The zero-order valence-electron chi connectivity index (χ0n) is 29.0. The summed E-state index contributed by atoms with van der Waals surface area (Å²) in [4.78, 5) is 54.1. The van der Waals surface area contributed by atoms with Crippen LogP contribution in [0.25, 0.3) is 21.6 Å². The molecule has 0 radical (unpaired) electrons. The van der Waals surface area contributed by atoms with E-state index < -0.39 is 50.3 Å². The number of nitrogens with zero attached hydrogens (tertiary/aromatic N) is 4. The Bertz CT molecular complexity index is 2150. The van der Waals surface area contributed by atoms with E-state index in [2.05, 4.69) is 20.9 Å². The van der Waals surface area contributed by atoms with Crippen molar-refractivity contribution in [2.24, 2.45) is 5.92 Å². The summed E-state index contributed by atoms with van der Waals surface area (Å²) in [5.74, 6) is 1.90. The average Bonchev–Trinajstić information content (AvgIpc) is 3.90. The number of fused-ring (bicyclic) bond motifs is 3. The second kappa shape index (κ2) is 13.5. The number of likely N-dealkylation sites (N-methyl/N-ethyl adjacent to an activating group) is 1. The Kier molecular flexibility index (Phi) is 9.37. The lowest BCUT2D eigenvalue weighted by atomic mass is 10.1. The molecule has 3 aromatic rings. The number of hydrogen-bond donors (Lipinski definition) is 2. The van der Waals surface area contributed by atoms with Gasteiger partial charge in [-0.2, -0.15) is 0 Å². The summed E-state index contributed by atoms with van der Waals surface area (Å²) in [6.07, 6.45) is 12.3. The van der Waals surface area contributed by atoms with E-state index in [-0.39, 0.29) is 30.3 Å². The Morgan fingerprint density at radius 2 is 2.00 bits per heavy atom. The highest BCUT2D eigenvalue weighted by molar-refractivity contribution is 7.91. The highest BCUT2D eigenvalue weighted by atomic mass is 35.5. The molecule has 3 fully saturated rings. The van der Waals surface area contributed by atoms with Crippen LogP contribution in [0.5, 0.6) is 11.5 Å². The van der Waals surface area contributed by atoms with Crippen LogP contribution in [0.3, 0.4) is 0 Å². The number of methoxy groups -OCH3 is 1.